The molecule has 1 heterocycles. The number of hydrogen-bond donors (Lipinski definition) is 0. The van der Waals surface area contributed by atoms with Gasteiger partial charge >= 0.3 is 0 Å². The SMILES string of the molecule is CC(C)C1COCC1OI. The molecule has 0 aromatic rings. The molecule has 0 saturated carbocycles. The van der Waals surface area contributed by atoms with Crippen molar-refractivity contribution in [3.63, 3.8) is 0 Å². The summed E-state index contributed by atoms with van der Waals surface area (Å²) in [5.74, 6) is 1.26. The third-order valence-electron chi connectivity index (χ3n) is 2.04. The van der Waals surface area contributed by atoms with Crippen LogP contribution >= 0.6 is 23.0 Å². The van der Waals surface area contributed by atoms with E-state index < -0.39 is 0 Å². The topological polar surface area (TPSA) is 18.5 Å². The van der Waals surface area contributed by atoms with Crippen LogP contribution in [0.3, 0.4) is 0 Å². The largest absolute Gasteiger partial charge is 0.378 e. The van der Waals surface area contributed by atoms with Crippen molar-refractivity contribution in [2.24, 2.45) is 11.8 Å². The summed E-state index contributed by atoms with van der Waals surface area (Å²) in [6, 6.07) is 0. The Labute approximate surface area is 76.0 Å². The third kappa shape index (κ3) is 1.83. The summed E-state index contributed by atoms with van der Waals surface area (Å²) < 4.78 is 10.5. The van der Waals surface area contributed by atoms with Gasteiger partial charge in [-0.25, -0.2) is 0 Å². The molecule has 0 aromatic heterocycles. The van der Waals surface area contributed by atoms with E-state index in [4.69, 9.17) is 7.80 Å². The molecular formula is C7H13IO2. The summed E-state index contributed by atoms with van der Waals surface area (Å²) >= 11 is 1.96. The summed E-state index contributed by atoms with van der Waals surface area (Å²) in [6.45, 7) is 6.06. The van der Waals surface area contributed by atoms with Crippen molar-refractivity contribution in [1.29, 1.82) is 0 Å². The Bertz CT molecular complexity index is 106. The van der Waals surface area contributed by atoms with Crippen molar-refractivity contribution >= 4 is 23.0 Å². The molecule has 0 spiro atoms. The quantitative estimate of drug-likeness (QED) is 0.704. The maximum Gasteiger partial charge on any atom is 0.110 e. The lowest BCUT2D eigenvalue weighted by Crippen LogP contribution is -2.23. The molecule has 1 fully saturated rings. The zero-order chi connectivity index (χ0) is 7.56. The summed E-state index contributed by atoms with van der Waals surface area (Å²) in [7, 11) is 0. The predicted octanol–water partition coefficient (Wildman–Crippen LogP) is 2.02. The van der Waals surface area contributed by atoms with Gasteiger partial charge in [0.25, 0.3) is 0 Å². The number of halogens is 1. The fraction of sp³-hybridized carbons (Fsp3) is 1.00. The fourth-order valence-electron chi connectivity index (χ4n) is 1.26. The first-order chi connectivity index (χ1) is 4.75. The Hall–Kier alpha value is 0.650. The monoisotopic (exact) mass is 256 g/mol. The van der Waals surface area contributed by atoms with Gasteiger partial charge in [0.2, 0.25) is 0 Å². The molecule has 60 valence electrons. The molecular weight excluding hydrogens is 243 g/mol. The van der Waals surface area contributed by atoms with Gasteiger partial charge in [0, 0.05) is 5.92 Å². The van der Waals surface area contributed by atoms with Crippen LogP contribution in [0.5, 0.6) is 0 Å². The Morgan fingerprint density at radius 3 is 2.60 bits per heavy atom. The molecule has 0 amide bonds. The highest BCUT2D eigenvalue weighted by Gasteiger charge is 2.30. The van der Waals surface area contributed by atoms with Crippen molar-refractivity contribution in [3.05, 3.63) is 0 Å². The number of hydrogen-bond acceptors (Lipinski definition) is 2. The van der Waals surface area contributed by atoms with E-state index in [0.29, 0.717) is 17.9 Å². The van der Waals surface area contributed by atoms with E-state index in [1.165, 1.54) is 0 Å². The first kappa shape index (κ1) is 8.74. The van der Waals surface area contributed by atoms with E-state index in [1.54, 1.807) is 0 Å². The van der Waals surface area contributed by atoms with Gasteiger partial charge in [-0.3, -0.25) is 0 Å². The molecule has 2 unspecified atom stereocenters. The molecule has 1 saturated heterocycles. The van der Waals surface area contributed by atoms with Crippen molar-refractivity contribution < 1.29 is 7.80 Å². The van der Waals surface area contributed by atoms with E-state index in [1.807, 2.05) is 23.0 Å². The van der Waals surface area contributed by atoms with Crippen molar-refractivity contribution in [2.45, 2.75) is 20.0 Å². The molecule has 1 aliphatic rings. The van der Waals surface area contributed by atoms with E-state index in [-0.39, 0.29) is 0 Å². The summed E-state index contributed by atoms with van der Waals surface area (Å²) in [5, 5.41) is 0. The van der Waals surface area contributed by atoms with Gasteiger partial charge in [-0.1, -0.05) is 13.8 Å². The van der Waals surface area contributed by atoms with Crippen molar-refractivity contribution in [2.75, 3.05) is 13.2 Å². The molecule has 0 aliphatic carbocycles. The molecule has 1 rings (SSSR count). The lowest BCUT2D eigenvalue weighted by molar-refractivity contribution is 0.164. The minimum absolute atomic E-state index is 0.320. The van der Waals surface area contributed by atoms with Crippen LogP contribution < -0.4 is 0 Å². The Morgan fingerprint density at radius 2 is 2.20 bits per heavy atom. The normalized spacial score (nSPS) is 33.6. The third-order valence-corrected chi connectivity index (χ3v) is 2.69. The molecule has 0 bridgehead atoms. The summed E-state index contributed by atoms with van der Waals surface area (Å²) in [5.41, 5.74) is 0. The maximum atomic E-state index is 5.29. The molecule has 2 nitrogen and oxygen atoms in total. The van der Waals surface area contributed by atoms with Crippen LogP contribution in [-0.4, -0.2) is 19.3 Å². The second kappa shape index (κ2) is 3.88. The van der Waals surface area contributed by atoms with Crippen molar-refractivity contribution in [1.82, 2.24) is 0 Å². The lowest BCUT2D eigenvalue weighted by atomic mass is 9.93. The summed E-state index contributed by atoms with van der Waals surface area (Å²) in [4.78, 5) is 0. The van der Waals surface area contributed by atoms with Gasteiger partial charge in [0.05, 0.1) is 19.3 Å². The molecule has 1 aliphatic heterocycles. The van der Waals surface area contributed by atoms with Gasteiger partial charge in [0.15, 0.2) is 0 Å². The van der Waals surface area contributed by atoms with Crippen LogP contribution in [0.15, 0.2) is 0 Å². The molecule has 3 heteroatoms. The van der Waals surface area contributed by atoms with Crippen LogP contribution in [0, 0.1) is 11.8 Å². The Kier molecular flexibility index (Phi) is 3.39. The Morgan fingerprint density at radius 1 is 1.50 bits per heavy atom. The zero-order valence-electron chi connectivity index (χ0n) is 6.34. The van der Waals surface area contributed by atoms with Crippen LogP contribution in [-0.2, 0) is 7.80 Å². The van der Waals surface area contributed by atoms with E-state index >= 15 is 0 Å². The number of rotatable bonds is 2. The highest BCUT2D eigenvalue weighted by molar-refractivity contribution is 14.1. The Balaban J connectivity index is 2.42. The van der Waals surface area contributed by atoms with Crippen molar-refractivity contribution in [3.8, 4) is 0 Å². The van der Waals surface area contributed by atoms with Gasteiger partial charge in [-0.05, 0) is 5.92 Å². The van der Waals surface area contributed by atoms with Crippen LogP contribution in [0.2, 0.25) is 0 Å². The first-order valence-corrected chi connectivity index (χ1v) is 4.49. The molecule has 0 radical (unpaired) electrons. The maximum absolute atomic E-state index is 5.29. The lowest BCUT2D eigenvalue weighted by Gasteiger charge is -2.17. The van der Waals surface area contributed by atoms with Crippen LogP contribution in [0.25, 0.3) is 0 Å². The van der Waals surface area contributed by atoms with Gasteiger partial charge in [-0.2, -0.15) is 0 Å². The van der Waals surface area contributed by atoms with E-state index in [0.717, 1.165) is 13.2 Å². The minimum Gasteiger partial charge on any atom is -0.378 e. The highest BCUT2D eigenvalue weighted by atomic mass is 127. The molecule has 2 atom stereocenters. The molecule has 0 N–H and O–H groups in total. The standard InChI is InChI=1S/C7H13IO2/c1-5(2)6-3-9-4-7(6)10-8/h5-7H,3-4H2,1-2H3. The fourth-order valence-corrected chi connectivity index (χ4v) is 1.79. The number of ether oxygens (including phenoxy) is 1. The smallest absolute Gasteiger partial charge is 0.110 e. The van der Waals surface area contributed by atoms with Gasteiger partial charge in [0.1, 0.15) is 23.0 Å². The average Bonchev–Trinajstić information content (AvgIpc) is 2.33. The predicted molar refractivity (Wildman–Crippen MR) is 48.0 cm³/mol. The van der Waals surface area contributed by atoms with Crippen LogP contribution in [0.4, 0.5) is 0 Å². The van der Waals surface area contributed by atoms with E-state index in [2.05, 4.69) is 13.8 Å². The highest BCUT2D eigenvalue weighted by Crippen LogP contribution is 2.25. The first-order valence-electron chi connectivity index (χ1n) is 3.61. The van der Waals surface area contributed by atoms with E-state index in [9.17, 15) is 0 Å². The van der Waals surface area contributed by atoms with Gasteiger partial charge in [-0.15, -0.1) is 0 Å². The minimum atomic E-state index is 0.320. The van der Waals surface area contributed by atoms with Crippen LogP contribution in [0.1, 0.15) is 13.8 Å². The zero-order valence-corrected chi connectivity index (χ0v) is 8.50. The summed E-state index contributed by atoms with van der Waals surface area (Å²) in [6.07, 6.45) is 0.320. The van der Waals surface area contributed by atoms with Gasteiger partial charge < -0.3 is 7.80 Å². The molecule has 10 heavy (non-hydrogen) atoms. The second-order valence-corrected chi connectivity index (χ2v) is 3.58. The second-order valence-electron chi connectivity index (χ2n) is 3.07. The molecule has 0 aromatic carbocycles. The average molecular weight is 256 g/mol.